The first-order valence-corrected chi connectivity index (χ1v) is 18.6. The van der Waals surface area contributed by atoms with Gasteiger partial charge < -0.3 is 43.9 Å². The molecule has 3 aromatic carbocycles. The predicted molar refractivity (Wildman–Crippen MR) is 202 cm³/mol. The number of fused-ring (bicyclic) bond motifs is 7. The molecule has 7 heterocycles. The maximum atomic E-state index is 14.2. The molecule has 0 saturated carbocycles. The topological polar surface area (TPSA) is 166 Å². The predicted octanol–water partition coefficient (Wildman–Crippen LogP) is 5.83. The molecule has 280 valence electrons. The Morgan fingerprint density at radius 2 is 1.89 bits per heavy atom. The summed E-state index contributed by atoms with van der Waals surface area (Å²) in [4.78, 5) is 37.4. The van der Waals surface area contributed by atoms with E-state index < -0.39 is 41.6 Å². The Morgan fingerprint density at radius 3 is 2.67 bits per heavy atom. The van der Waals surface area contributed by atoms with Crippen molar-refractivity contribution in [2.75, 3.05) is 12.4 Å². The molecule has 6 aromatic rings. The van der Waals surface area contributed by atoms with Gasteiger partial charge >= 0.3 is 0 Å². The fourth-order valence-electron chi connectivity index (χ4n) is 8.91. The molecule has 1 spiro atoms. The molecule has 4 aliphatic heterocycles. The van der Waals surface area contributed by atoms with Gasteiger partial charge in [-0.25, -0.2) is 9.97 Å². The van der Waals surface area contributed by atoms with E-state index in [-0.39, 0.29) is 30.0 Å². The number of carbonyl (C=O) groups excluding carboxylic acids is 2. The molecule has 2 unspecified atom stereocenters. The first kappa shape index (κ1) is 33.5. The summed E-state index contributed by atoms with van der Waals surface area (Å²) in [6.07, 6.45) is 1.93. The summed E-state index contributed by atoms with van der Waals surface area (Å²) in [5, 5.41) is 21.3. The van der Waals surface area contributed by atoms with E-state index >= 15 is 0 Å². The van der Waals surface area contributed by atoms with E-state index in [9.17, 15) is 14.7 Å². The smallest absolute Gasteiger partial charge is 0.249 e. The van der Waals surface area contributed by atoms with Crippen LogP contribution in [0.2, 0.25) is 0 Å². The van der Waals surface area contributed by atoms with Crippen LogP contribution in [-0.4, -0.2) is 56.9 Å². The van der Waals surface area contributed by atoms with E-state index in [1.165, 1.54) is 0 Å². The number of oxazole rings is 2. The second kappa shape index (κ2) is 11.7. The molecule has 4 aliphatic rings. The summed E-state index contributed by atoms with van der Waals surface area (Å²) < 4.78 is 28.5. The maximum absolute atomic E-state index is 14.2. The van der Waals surface area contributed by atoms with Gasteiger partial charge in [-0.2, -0.15) is 0 Å². The van der Waals surface area contributed by atoms with Crippen LogP contribution < -0.4 is 25.4 Å². The number of para-hydroxylation sites is 1. The molecule has 5 atom stereocenters. The second-order valence-electron chi connectivity index (χ2n) is 15.6. The number of aromatic nitrogens is 3. The van der Waals surface area contributed by atoms with Crippen molar-refractivity contribution < 1.29 is 33.0 Å². The van der Waals surface area contributed by atoms with E-state index in [4.69, 9.17) is 28.3 Å². The molecule has 3 aromatic heterocycles. The zero-order valence-corrected chi connectivity index (χ0v) is 31.2. The summed E-state index contributed by atoms with van der Waals surface area (Å²) in [6.45, 7) is 7.43. The highest BCUT2D eigenvalue weighted by Gasteiger charge is 2.61. The van der Waals surface area contributed by atoms with Gasteiger partial charge in [-0.05, 0) is 41.2 Å². The lowest BCUT2D eigenvalue weighted by molar-refractivity contribution is -0.135. The van der Waals surface area contributed by atoms with Crippen LogP contribution in [0.1, 0.15) is 62.1 Å². The average Bonchev–Trinajstić information content (AvgIpc) is 3.99. The Bertz CT molecular complexity index is 2600. The molecule has 55 heavy (non-hydrogen) atoms. The van der Waals surface area contributed by atoms with Crippen LogP contribution in [-0.2, 0) is 28.5 Å². The molecule has 13 nitrogen and oxygen atoms in total. The number of aliphatic hydroxyl groups excluding tert-OH is 1. The number of amides is 2. The van der Waals surface area contributed by atoms with Crippen molar-refractivity contribution in [1.29, 1.82) is 0 Å². The minimum absolute atomic E-state index is 0.157. The van der Waals surface area contributed by atoms with Crippen LogP contribution in [0, 0.1) is 11.8 Å². The molecule has 0 radical (unpaired) electrons. The number of aryl methyl sites for hydroxylation is 1. The van der Waals surface area contributed by atoms with Crippen molar-refractivity contribution >= 4 is 28.4 Å². The summed E-state index contributed by atoms with van der Waals surface area (Å²) in [7, 11) is 3.65. The number of benzene rings is 3. The zero-order chi connectivity index (χ0) is 38.1. The molecule has 10 rings (SSSR count). The van der Waals surface area contributed by atoms with Crippen molar-refractivity contribution in [2.45, 2.75) is 63.9 Å². The molecule has 13 heteroatoms. The maximum Gasteiger partial charge on any atom is 0.249 e. The highest BCUT2D eigenvalue weighted by atomic mass is 16.5. The fourth-order valence-corrected chi connectivity index (χ4v) is 8.91. The Labute approximate surface area is 316 Å². The second-order valence-corrected chi connectivity index (χ2v) is 15.6. The van der Waals surface area contributed by atoms with E-state index in [1.54, 1.807) is 27.2 Å². The lowest BCUT2D eigenvalue weighted by atomic mass is 9.72. The van der Waals surface area contributed by atoms with Crippen molar-refractivity contribution in [3.05, 3.63) is 89.3 Å². The molecule has 4 N–H and O–H groups in total. The largest absolute Gasteiger partial charge is 0.495 e. The number of methoxy groups -OCH3 is 1. The van der Waals surface area contributed by atoms with Gasteiger partial charge in [0.05, 0.1) is 18.8 Å². The standard InChI is InChI=1S/C42H40N6O7/c1-18(2)31-40-46-33-36(55-40)42-24-9-7-8-22(21-11-13-28(52-6)34-30(21)23(17-48(34)5)29-16-43-39(33)53-29)32(24)47-41(42)54-27-12-10-20(14-25(27)42)15-26(37(50)45-31)44-38(51)35(49)19(3)4/h7-14,16-19,26,31,35,41,47,49H,15H2,1-6H3,(H,44,51)(H,45,50)/t26-,31-,35-,41?,42?/m0/s1. The molecule has 2 amide bonds. The highest BCUT2D eigenvalue weighted by molar-refractivity contribution is 6.10. The molecular formula is C42H40N6O7. The molecule has 0 saturated heterocycles. The molecule has 0 aliphatic carbocycles. The van der Waals surface area contributed by atoms with Crippen molar-refractivity contribution in [2.24, 2.45) is 18.9 Å². The molecule has 10 bridgehead atoms. The van der Waals surface area contributed by atoms with Crippen LogP contribution in [0.5, 0.6) is 11.5 Å². The lowest BCUT2D eigenvalue weighted by Gasteiger charge is -2.29. The first-order chi connectivity index (χ1) is 26.5. The van der Waals surface area contributed by atoms with Crippen LogP contribution in [0.3, 0.4) is 0 Å². The summed E-state index contributed by atoms with van der Waals surface area (Å²) >= 11 is 0. The van der Waals surface area contributed by atoms with Gasteiger partial charge in [0.1, 0.15) is 35.1 Å². The first-order valence-electron chi connectivity index (χ1n) is 18.6. The average molecular weight is 741 g/mol. The van der Waals surface area contributed by atoms with Crippen LogP contribution >= 0.6 is 0 Å². The molecule has 0 fully saturated rings. The van der Waals surface area contributed by atoms with E-state index in [2.05, 4.69) is 40.2 Å². The molecular weight excluding hydrogens is 700 g/mol. The Balaban J connectivity index is 1.29. The monoisotopic (exact) mass is 740 g/mol. The third kappa shape index (κ3) is 4.56. The number of nitrogens with one attached hydrogen (secondary N) is 3. The summed E-state index contributed by atoms with van der Waals surface area (Å²) in [5.41, 5.74) is 6.33. The van der Waals surface area contributed by atoms with Crippen molar-refractivity contribution in [1.82, 2.24) is 25.2 Å². The highest BCUT2D eigenvalue weighted by Crippen LogP contribution is 2.61. The quantitative estimate of drug-likeness (QED) is 0.169. The van der Waals surface area contributed by atoms with Gasteiger partial charge in [-0.3, -0.25) is 9.59 Å². The number of hydrogen-bond acceptors (Lipinski definition) is 10. The van der Waals surface area contributed by atoms with Crippen LogP contribution in [0.25, 0.3) is 44.9 Å². The van der Waals surface area contributed by atoms with Crippen molar-refractivity contribution in [3.8, 4) is 45.5 Å². The van der Waals surface area contributed by atoms with E-state index in [0.29, 0.717) is 23.0 Å². The SMILES string of the molecule is COc1ccc2c3c(cn(C)c13)-c1cnc(o1)-c1nc3oc1C14c5cc(ccc5OC1Nc1c-2cccc14)C[C@H](NC(=O)[C@@H](O)C(C)C)C(=O)N[C@H]3C(C)C. The number of ether oxygens (including phenoxy) is 2. The third-order valence-corrected chi connectivity index (χ3v) is 11.6. The van der Waals surface area contributed by atoms with Gasteiger partial charge in [-0.15, -0.1) is 0 Å². The van der Waals surface area contributed by atoms with Crippen molar-refractivity contribution in [3.63, 3.8) is 0 Å². The third-order valence-electron chi connectivity index (χ3n) is 11.6. The fraction of sp³-hybridized carbons (Fsp3) is 0.333. The Morgan fingerprint density at radius 1 is 1.05 bits per heavy atom. The number of aliphatic hydroxyl groups is 1. The van der Waals surface area contributed by atoms with Crippen LogP contribution in [0.4, 0.5) is 5.69 Å². The number of hydrogen-bond donors (Lipinski definition) is 4. The Kier molecular flexibility index (Phi) is 7.13. The normalized spacial score (nSPS) is 22.0. The number of nitrogens with zero attached hydrogens (tertiary/aromatic N) is 3. The van der Waals surface area contributed by atoms with Gasteiger partial charge in [0.15, 0.2) is 23.4 Å². The number of rotatable bonds is 5. The van der Waals surface area contributed by atoms with E-state index in [0.717, 1.165) is 55.7 Å². The minimum Gasteiger partial charge on any atom is -0.495 e. The van der Waals surface area contributed by atoms with Crippen LogP contribution in [0.15, 0.2) is 69.8 Å². The summed E-state index contributed by atoms with van der Waals surface area (Å²) in [5.74, 6) is 1.30. The number of anilines is 1. The number of carbonyl (C=O) groups is 2. The minimum atomic E-state index is -1.29. The zero-order valence-electron chi connectivity index (χ0n) is 31.2. The van der Waals surface area contributed by atoms with Gasteiger partial charge in [0.2, 0.25) is 23.6 Å². The van der Waals surface area contributed by atoms with Gasteiger partial charge in [0.25, 0.3) is 0 Å². The van der Waals surface area contributed by atoms with E-state index in [1.807, 2.05) is 55.9 Å². The van der Waals surface area contributed by atoms with Gasteiger partial charge in [-0.1, -0.05) is 58.0 Å². The lowest BCUT2D eigenvalue weighted by Crippen LogP contribution is -2.52. The summed E-state index contributed by atoms with van der Waals surface area (Å²) in [6, 6.07) is 14.4. The Hall–Kier alpha value is -6.08. The van der Waals surface area contributed by atoms with Gasteiger partial charge in [0, 0.05) is 53.0 Å².